The van der Waals surface area contributed by atoms with Crippen LogP contribution in [0.2, 0.25) is 0 Å². The Hall–Kier alpha value is -3.67. The Morgan fingerprint density at radius 2 is 2.06 bits per heavy atom. The number of nitriles is 1. The van der Waals surface area contributed by atoms with Gasteiger partial charge < -0.3 is 20.7 Å². The fraction of sp³-hybridized carbons (Fsp3) is 0.391. The first-order chi connectivity index (χ1) is 15.0. The first-order valence-electron chi connectivity index (χ1n) is 10.3. The first kappa shape index (κ1) is 23.0. The van der Waals surface area contributed by atoms with Crippen molar-refractivity contribution in [2.24, 2.45) is 0 Å². The summed E-state index contributed by atoms with van der Waals surface area (Å²) in [5, 5.41) is 11.5. The monoisotopic (exact) mass is 439 g/mol. The predicted octanol–water partition coefficient (Wildman–Crippen LogP) is 3.88. The van der Waals surface area contributed by atoms with Gasteiger partial charge in [0.2, 0.25) is 5.67 Å². The highest BCUT2D eigenvalue weighted by molar-refractivity contribution is 5.99. The number of alkyl halides is 1. The van der Waals surface area contributed by atoms with E-state index in [2.05, 4.69) is 16.4 Å². The molecule has 1 aliphatic heterocycles. The third-order valence-electron chi connectivity index (χ3n) is 4.98. The maximum atomic E-state index is 15.5. The number of piperidine rings is 1. The quantitative estimate of drug-likeness (QED) is 0.749. The van der Waals surface area contributed by atoms with Crippen LogP contribution in [0.3, 0.4) is 0 Å². The van der Waals surface area contributed by atoms with Crippen molar-refractivity contribution in [3.63, 3.8) is 0 Å². The molecule has 2 heterocycles. The van der Waals surface area contributed by atoms with Gasteiger partial charge >= 0.3 is 6.09 Å². The summed E-state index contributed by atoms with van der Waals surface area (Å²) in [6.07, 6.45) is 1.12. The zero-order chi connectivity index (χ0) is 23.5. The van der Waals surface area contributed by atoms with Gasteiger partial charge in [-0.1, -0.05) is 12.1 Å². The van der Waals surface area contributed by atoms with E-state index in [1.165, 1.54) is 11.1 Å². The fourth-order valence-electron chi connectivity index (χ4n) is 3.41. The highest BCUT2D eigenvalue weighted by atomic mass is 19.1. The topological polar surface area (TPSA) is 121 Å². The lowest BCUT2D eigenvalue weighted by atomic mass is 9.94. The third-order valence-corrected chi connectivity index (χ3v) is 4.98. The number of likely N-dealkylation sites (tertiary alicyclic amines) is 1. The minimum Gasteiger partial charge on any atom is -0.444 e. The summed E-state index contributed by atoms with van der Waals surface area (Å²) in [5.74, 6) is -0.884. The number of pyridine rings is 1. The number of benzene rings is 1. The van der Waals surface area contributed by atoms with Gasteiger partial charge in [0.25, 0.3) is 5.91 Å². The van der Waals surface area contributed by atoms with Crippen molar-refractivity contribution in [2.45, 2.75) is 44.9 Å². The van der Waals surface area contributed by atoms with Gasteiger partial charge in [-0.2, -0.15) is 5.26 Å². The van der Waals surface area contributed by atoms with Gasteiger partial charge in [0, 0.05) is 18.3 Å². The lowest BCUT2D eigenvalue weighted by molar-refractivity contribution is -0.130. The summed E-state index contributed by atoms with van der Waals surface area (Å²) >= 11 is 0. The molecule has 0 radical (unpaired) electrons. The molecule has 3 rings (SSSR count). The molecule has 0 bridgehead atoms. The van der Waals surface area contributed by atoms with E-state index in [-0.39, 0.29) is 17.9 Å². The van der Waals surface area contributed by atoms with E-state index in [0.717, 1.165) is 5.56 Å². The molecule has 32 heavy (non-hydrogen) atoms. The van der Waals surface area contributed by atoms with Crippen LogP contribution in [0.25, 0.3) is 11.1 Å². The molecule has 9 heteroatoms. The van der Waals surface area contributed by atoms with Crippen LogP contribution in [0.15, 0.2) is 36.5 Å². The fourth-order valence-corrected chi connectivity index (χ4v) is 3.41. The van der Waals surface area contributed by atoms with Gasteiger partial charge in [-0.05, 0) is 57.4 Å². The van der Waals surface area contributed by atoms with E-state index in [4.69, 9.17) is 15.7 Å². The molecule has 1 aromatic heterocycles. The van der Waals surface area contributed by atoms with Gasteiger partial charge in [0.1, 0.15) is 5.60 Å². The van der Waals surface area contributed by atoms with Crippen molar-refractivity contribution >= 4 is 23.5 Å². The van der Waals surface area contributed by atoms with E-state index >= 15 is 4.39 Å². The molecular weight excluding hydrogens is 413 g/mol. The Balaban J connectivity index is 1.73. The lowest BCUT2D eigenvalue weighted by Gasteiger charge is -2.36. The zero-order valence-corrected chi connectivity index (χ0v) is 18.3. The Kier molecular flexibility index (Phi) is 6.35. The zero-order valence-electron chi connectivity index (χ0n) is 18.3. The van der Waals surface area contributed by atoms with Crippen LogP contribution >= 0.6 is 0 Å². The number of carbonyl (C=O) groups excluding carboxylic acids is 2. The maximum Gasteiger partial charge on any atom is 0.410 e. The highest BCUT2D eigenvalue weighted by Gasteiger charge is 2.45. The second kappa shape index (κ2) is 8.83. The van der Waals surface area contributed by atoms with Crippen molar-refractivity contribution in [1.29, 1.82) is 5.26 Å². The molecule has 3 N–H and O–H groups in total. The Morgan fingerprint density at radius 3 is 2.72 bits per heavy atom. The van der Waals surface area contributed by atoms with E-state index in [1.54, 1.807) is 51.1 Å². The number of aromatic nitrogens is 1. The molecular formula is C23H26FN5O3. The number of nitrogens with one attached hydrogen (secondary N) is 1. The SMILES string of the molecule is CC(C)(C)OC(=O)N1CCCC(F)(C(=O)Nc2ncc(-c3cccc(C#N)c3)cc2N)C1. The lowest BCUT2D eigenvalue weighted by Crippen LogP contribution is -2.54. The number of nitrogen functional groups attached to an aromatic ring is 1. The average molecular weight is 439 g/mol. The number of anilines is 2. The van der Waals surface area contributed by atoms with Crippen molar-refractivity contribution in [1.82, 2.24) is 9.88 Å². The number of halogens is 1. The average Bonchev–Trinajstić information content (AvgIpc) is 2.74. The summed E-state index contributed by atoms with van der Waals surface area (Å²) in [5.41, 5.74) is 5.08. The number of amides is 2. The van der Waals surface area contributed by atoms with Crippen molar-refractivity contribution in [2.75, 3.05) is 24.1 Å². The van der Waals surface area contributed by atoms with Gasteiger partial charge in [-0.15, -0.1) is 0 Å². The van der Waals surface area contributed by atoms with Crippen LogP contribution in [-0.2, 0) is 9.53 Å². The molecule has 168 valence electrons. The third kappa shape index (κ3) is 5.32. The summed E-state index contributed by atoms with van der Waals surface area (Å²) < 4.78 is 20.8. The molecule has 1 aromatic carbocycles. The van der Waals surface area contributed by atoms with Gasteiger partial charge in [-0.25, -0.2) is 14.2 Å². The summed E-state index contributed by atoms with van der Waals surface area (Å²) in [4.78, 5) is 30.4. The van der Waals surface area contributed by atoms with Crippen LogP contribution in [-0.4, -0.2) is 46.2 Å². The number of hydrogen-bond donors (Lipinski definition) is 2. The molecule has 1 unspecified atom stereocenters. The van der Waals surface area contributed by atoms with E-state index in [0.29, 0.717) is 24.1 Å². The molecule has 1 atom stereocenters. The largest absolute Gasteiger partial charge is 0.444 e. The number of hydrogen-bond acceptors (Lipinski definition) is 6. The molecule has 8 nitrogen and oxygen atoms in total. The Labute approximate surface area is 186 Å². The predicted molar refractivity (Wildman–Crippen MR) is 118 cm³/mol. The number of ether oxygens (including phenoxy) is 1. The summed E-state index contributed by atoms with van der Waals surface area (Å²) in [6.45, 7) is 5.06. The van der Waals surface area contributed by atoms with Crippen LogP contribution in [0.1, 0.15) is 39.2 Å². The molecule has 0 spiro atoms. The normalized spacial score (nSPS) is 18.5. The van der Waals surface area contributed by atoms with Gasteiger partial charge in [0.05, 0.1) is 23.9 Å². The summed E-state index contributed by atoms with van der Waals surface area (Å²) in [7, 11) is 0. The molecule has 0 aliphatic carbocycles. The van der Waals surface area contributed by atoms with Gasteiger partial charge in [0.15, 0.2) is 5.82 Å². The second-order valence-corrected chi connectivity index (χ2v) is 8.78. The maximum absolute atomic E-state index is 15.5. The van der Waals surface area contributed by atoms with Crippen LogP contribution in [0, 0.1) is 11.3 Å². The first-order valence-corrected chi connectivity index (χ1v) is 10.3. The number of nitrogens with zero attached hydrogens (tertiary/aromatic N) is 3. The summed E-state index contributed by atoms with van der Waals surface area (Å²) in [6, 6.07) is 10.6. The van der Waals surface area contributed by atoms with Crippen LogP contribution in [0.4, 0.5) is 20.7 Å². The van der Waals surface area contributed by atoms with Crippen LogP contribution in [0.5, 0.6) is 0 Å². The van der Waals surface area contributed by atoms with E-state index in [1.807, 2.05) is 0 Å². The number of rotatable bonds is 3. The van der Waals surface area contributed by atoms with Crippen LogP contribution < -0.4 is 11.1 Å². The minimum absolute atomic E-state index is 0.0293. The smallest absolute Gasteiger partial charge is 0.410 e. The molecule has 1 aliphatic rings. The molecule has 2 aromatic rings. The Morgan fingerprint density at radius 1 is 1.31 bits per heavy atom. The standard InChI is InChI=1S/C23H26FN5O3/c1-22(2,3)32-21(31)29-9-5-8-23(24,14-29)20(30)28-19-18(26)11-17(13-27-19)16-7-4-6-15(10-16)12-25/h4,6-7,10-11,13H,5,8-9,14,26H2,1-3H3,(H,27,28,30). The minimum atomic E-state index is -2.29. The second-order valence-electron chi connectivity index (χ2n) is 8.78. The van der Waals surface area contributed by atoms with Gasteiger partial charge in [-0.3, -0.25) is 4.79 Å². The highest BCUT2D eigenvalue weighted by Crippen LogP contribution is 2.30. The Bertz CT molecular complexity index is 1080. The van der Waals surface area contributed by atoms with E-state index < -0.39 is 29.8 Å². The van der Waals surface area contributed by atoms with Crippen molar-refractivity contribution in [3.05, 3.63) is 42.1 Å². The molecule has 1 saturated heterocycles. The van der Waals surface area contributed by atoms with Crippen molar-refractivity contribution < 1.29 is 18.7 Å². The molecule has 0 saturated carbocycles. The number of carbonyl (C=O) groups is 2. The van der Waals surface area contributed by atoms with E-state index in [9.17, 15) is 9.59 Å². The number of nitrogens with two attached hydrogens (primary N) is 1. The molecule has 2 amide bonds. The molecule has 1 fully saturated rings. The van der Waals surface area contributed by atoms with Crippen molar-refractivity contribution in [3.8, 4) is 17.2 Å².